The van der Waals surface area contributed by atoms with Gasteiger partial charge in [-0.25, -0.2) is 4.39 Å². The van der Waals surface area contributed by atoms with Crippen molar-refractivity contribution in [3.8, 4) is 0 Å². The first kappa shape index (κ1) is 11.6. The molecule has 3 unspecified atom stereocenters. The van der Waals surface area contributed by atoms with E-state index in [-0.39, 0.29) is 18.0 Å². The van der Waals surface area contributed by atoms with Gasteiger partial charge in [-0.15, -0.1) is 0 Å². The average Bonchev–Trinajstić information content (AvgIpc) is 2.28. The molecule has 88 valence electrons. The van der Waals surface area contributed by atoms with Gasteiger partial charge in [0, 0.05) is 12.1 Å². The molecule has 0 bridgehead atoms. The summed E-state index contributed by atoms with van der Waals surface area (Å²) in [6, 6.07) is 7.29. The van der Waals surface area contributed by atoms with Gasteiger partial charge in [0.15, 0.2) is 0 Å². The monoisotopic (exact) mass is 223 g/mol. The van der Waals surface area contributed by atoms with Crippen molar-refractivity contribution in [1.82, 2.24) is 5.32 Å². The van der Waals surface area contributed by atoms with Gasteiger partial charge in [-0.2, -0.15) is 0 Å². The fourth-order valence-electron chi connectivity index (χ4n) is 2.18. The van der Waals surface area contributed by atoms with Crippen LogP contribution in [0.5, 0.6) is 0 Å². The highest BCUT2D eigenvalue weighted by atomic mass is 19.1. The van der Waals surface area contributed by atoms with Gasteiger partial charge in [-0.05, 0) is 31.0 Å². The minimum absolute atomic E-state index is 0.0431. The summed E-state index contributed by atoms with van der Waals surface area (Å²) in [5, 5.41) is 3.49. The van der Waals surface area contributed by atoms with E-state index in [9.17, 15) is 4.39 Å². The first-order valence-corrected chi connectivity index (χ1v) is 5.84. The van der Waals surface area contributed by atoms with Gasteiger partial charge < -0.3 is 10.1 Å². The Morgan fingerprint density at radius 2 is 2.31 bits per heavy atom. The van der Waals surface area contributed by atoms with Gasteiger partial charge in [0.2, 0.25) is 0 Å². The molecule has 1 aromatic rings. The lowest BCUT2D eigenvalue weighted by molar-refractivity contribution is -0.0253. The molecule has 0 saturated carbocycles. The molecule has 1 N–H and O–H groups in total. The number of nitrogens with one attached hydrogen (secondary N) is 1. The number of hydrogen-bond acceptors (Lipinski definition) is 2. The van der Waals surface area contributed by atoms with Crippen LogP contribution < -0.4 is 5.32 Å². The standard InChI is InChI=1S/C13H18FNO/c1-3-12-8-16-13(9(2)15-12)10-5-4-6-11(14)7-10/h4-7,9,12-13,15H,3,8H2,1-2H3. The van der Waals surface area contributed by atoms with Crippen LogP contribution in [0.25, 0.3) is 0 Å². The van der Waals surface area contributed by atoms with Crippen LogP contribution >= 0.6 is 0 Å². The summed E-state index contributed by atoms with van der Waals surface area (Å²) in [5.41, 5.74) is 0.912. The highest BCUT2D eigenvalue weighted by Crippen LogP contribution is 2.26. The topological polar surface area (TPSA) is 21.3 Å². The molecule has 0 aliphatic carbocycles. The Balaban J connectivity index is 2.11. The molecule has 3 heteroatoms. The maximum absolute atomic E-state index is 13.1. The second kappa shape index (κ2) is 4.93. The molecule has 1 aliphatic rings. The Morgan fingerprint density at radius 3 is 2.94 bits per heavy atom. The molecular formula is C13H18FNO. The molecule has 0 radical (unpaired) electrons. The molecule has 1 saturated heterocycles. The maximum Gasteiger partial charge on any atom is 0.123 e. The normalized spacial score (nSPS) is 30.3. The predicted octanol–water partition coefficient (Wildman–Crippen LogP) is 2.65. The fourth-order valence-corrected chi connectivity index (χ4v) is 2.18. The zero-order chi connectivity index (χ0) is 11.5. The minimum atomic E-state index is -0.203. The van der Waals surface area contributed by atoms with Gasteiger partial charge in [0.25, 0.3) is 0 Å². The second-order valence-electron chi connectivity index (χ2n) is 4.37. The summed E-state index contributed by atoms with van der Waals surface area (Å²) in [4.78, 5) is 0. The largest absolute Gasteiger partial charge is 0.370 e. The van der Waals surface area contributed by atoms with E-state index in [0.717, 1.165) is 12.0 Å². The number of ether oxygens (including phenoxy) is 1. The van der Waals surface area contributed by atoms with E-state index < -0.39 is 0 Å². The van der Waals surface area contributed by atoms with Crippen LogP contribution in [-0.2, 0) is 4.74 Å². The van der Waals surface area contributed by atoms with E-state index in [1.165, 1.54) is 6.07 Å². The predicted molar refractivity (Wildman–Crippen MR) is 61.8 cm³/mol. The van der Waals surface area contributed by atoms with E-state index in [4.69, 9.17) is 4.74 Å². The van der Waals surface area contributed by atoms with E-state index in [1.807, 2.05) is 6.07 Å². The molecule has 1 aliphatic heterocycles. The summed E-state index contributed by atoms with van der Waals surface area (Å²) in [6.07, 6.45) is 1.01. The van der Waals surface area contributed by atoms with Crippen LogP contribution in [-0.4, -0.2) is 18.7 Å². The number of morpholine rings is 1. The van der Waals surface area contributed by atoms with Gasteiger partial charge in [0.05, 0.1) is 12.7 Å². The summed E-state index contributed by atoms with van der Waals surface area (Å²) < 4.78 is 18.9. The van der Waals surface area contributed by atoms with Crippen molar-refractivity contribution in [1.29, 1.82) is 0 Å². The van der Waals surface area contributed by atoms with E-state index >= 15 is 0 Å². The van der Waals surface area contributed by atoms with Crippen LogP contribution in [0.3, 0.4) is 0 Å². The Labute approximate surface area is 95.8 Å². The molecule has 0 spiro atoms. The minimum Gasteiger partial charge on any atom is -0.370 e. The van der Waals surface area contributed by atoms with Gasteiger partial charge in [-0.1, -0.05) is 19.1 Å². The Bertz CT molecular complexity index is 356. The van der Waals surface area contributed by atoms with E-state index in [0.29, 0.717) is 12.6 Å². The lowest BCUT2D eigenvalue weighted by atomic mass is 10.00. The smallest absolute Gasteiger partial charge is 0.123 e. The third-order valence-corrected chi connectivity index (χ3v) is 3.10. The van der Waals surface area contributed by atoms with Gasteiger partial charge >= 0.3 is 0 Å². The number of benzene rings is 1. The fraction of sp³-hybridized carbons (Fsp3) is 0.538. The third kappa shape index (κ3) is 2.42. The number of hydrogen-bond donors (Lipinski definition) is 1. The van der Waals surface area contributed by atoms with Crippen LogP contribution in [0, 0.1) is 5.82 Å². The zero-order valence-corrected chi connectivity index (χ0v) is 9.74. The van der Waals surface area contributed by atoms with Crippen molar-refractivity contribution in [2.75, 3.05) is 6.61 Å². The molecule has 1 aromatic carbocycles. The average molecular weight is 223 g/mol. The highest BCUT2D eigenvalue weighted by molar-refractivity contribution is 5.20. The molecule has 1 heterocycles. The van der Waals surface area contributed by atoms with Gasteiger partial charge in [0.1, 0.15) is 5.82 Å². The van der Waals surface area contributed by atoms with Crippen molar-refractivity contribution in [3.63, 3.8) is 0 Å². The quantitative estimate of drug-likeness (QED) is 0.832. The summed E-state index contributed by atoms with van der Waals surface area (Å²) in [7, 11) is 0. The molecule has 16 heavy (non-hydrogen) atoms. The molecule has 2 rings (SSSR count). The molecular weight excluding hydrogens is 205 g/mol. The maximum atomic E-state index is 13.1. The lowest BCUT2D eigenvalue weighted by Gasteiger charge is -2.35. The lowest BCUT2D eigenvalue weighted by Crippen LogP contribution is -2.48. The van der Waals surface area contributed by atoms with E-state index in [1.54, 1.807) is 12.1 Å². The Kier molecular flexibility index (Phi) is 3.56. The van der Waals surface area contributed by atoms with Crippen molar-refractivity contribution in [3.05, 3.63) is 35.6 Å². The summed E-state index contributed by atoms with van der Waals surface area (Å²) in [5.74, 6) is -0.203. The molecule has 2 nitrogen and oxygen atoms in total. The first-order valence-electron chi connectivity index (χ1n) is 5.84. The Hall–Kier alpha value is -0.930. The number of rotatable bonds is 2. The SMILES string of the molecule is CCC1COC(c2cccc(F)c2)C(C)N1. The second-order valence-corrected chi connectivity index (χ2v) is 4.37. The van der Waals surface area contributed by atoms with Crippen molar-refractivity contribution in [2.45, 2.75) is 38.5 Å². The van der Waals surface area contributed by atoms with Crippen LogP contribution in [0.4, 0.5) is 4.39 Å². The molecule has 3 atom stereocenters. The number of halogens is 1. The highest BCUT2D eigenvalue weighted by Gasteiger charge is 2.27. The molecule has 0 aromatic heterocycles. The Morgan fingerprint density at radius 1 is 1.50 bits per heavy atom. The molecule has 0 amide bonds. The summed E-state index contributed by atoms with van der Waals surface area (Å²) >= 11 is 0. The van der Waals surface area contributed by atoms with Crippen molar-refractivity contribution >= 4 is 0 Å². The zero-order valence-electron chi connectivity index (χ0n) is 9.74. The van der Waals surface area contributed by atoms with Crippen LogP contribution in [0.2, 0.25) is 0 Å². The van der Waals surface area contributed by atoms with Crippen molar-refractivity contribution in [2.24, 2.45) is 0 Å². The summed E-state index contributed by atoms with van der Waals surface area (Å²) in [6.45, 7) is 4.91. The van der Waals surface area contributed by atoms with Crippen molar-refractivity contribution < 1.29 is 9.13 Å². The van der Waals surface area contributed by atoms with E-state index in [2.05, 4.69) is 19.2 Å². The first-order chi connectivity index (χ1) is 7.70. The molecule has 1 fully saturated rings. The van der Waals surface area contributed by atoms with Crippen LogP contribution in [0.15, 0.2) is 24.3 Å². The van der Waals surface area contributed by atoms with Crippen LogP contribution in [0.1, 0.15) is 31.9 Å². The third-order valence-electron chi connectivity index (χ3n) is 3.10. The van der Waals surface area contributed by atoms with Gasteiger partial charge in [-0.3, -0.25) is 0 Å².